The second kappa shape index (κ2) is 6.10. The molecule has 1 saturated heterocycles. The lowest BCUT2D eigenvalue weighted by molar-refractivity contribution is 0.103. The van der Waals surface area contributed by atoms with Gasteiger partial charge >= 0.3 is 0 Å². The van der Waals surface area contributed by atoms with Gasteiger partial charge in [-0.2, -0.15) is 0 Å². The number of fused-ring (bicyclic) bond motifs is 1. The maximum atomic E-state index is 9.26. The first kappa shape index (κ1) is 15.6. The highest BCUT2D eigenvalue weighted by Crippen LogP contribution is 2.34. The maximum absolute atomic E-state index is 9.26. The number of hydrogen-bond donors (Lipinski definition) is 2. The summed E-state index contributed by atoms with van der Waals surface area (Å²) < 4.78 is 0. The van der Waals surface area contributed by atoms with Crippen LogP contribution in [0.2, 0.25) is 0 Å². The predicted molar refractivity (Wildman–Crippen MR) is 91.1 cm³/mol. The smallest absolute Gasteiger partial charge is 0.149 e. The Labute approximate surface area is 135 Å². The van der Waals surface area contributed by atoms with Gasteiger partial charge in [-0.1, -0.05) is 0 Å². The van der Waals surface area contributed by atoms with Crippen LogP contribution in [0, 0.1) is 19.8 Å². The monoisotopic (exact) mass is 320 g/mol. The fourth-order valence-electron chi connectivity index (χ4n) is 3.17. The third-order valence-corrected chi connectivity index (χ3v) is 6.00. The largest absolute Gasteiger partial charge is 0.396 e. The van der Waals surface area contributed by atoms with E-state index >= 15 is 0 Å². The van der Waals surface area contributed by atoms with Gasteiger partial charge < -0.3 is 10.8 Å². The lowest BCUT2D eigenvalue weighted by Crippen LogP contribution is -2.37. The van der Waals surface area contributed by atoms with Crippen LogP contribution in [0.25, 0.3) is 10.2 Å². The summed E-state index contributed by atoms with van der Waals surface area (Å²) in [6.07, 6.45) is 2.07. The van der Waals surface area contributed by atoms with Crippen LogP contribution < -0.4 is 5.73 Å². The van der Waals surface area contributed by atoms with Crippen LogP contribution in [0.5, 0.6) is 0 Å². The van der Waals surface area contributed by atoms with E-state index in [2.05, 4.69) is 30.7 Å². The maximum Gasteiger partial charge on any atom is 0.149 e. The summed E-state index contributed by atoms with van der Waals surface area (Å²) in [6, 6.07) is 0.161. The number of anilines is 1. The Bertz CT molecular complexity index is 676. The zero-order chi connectivity index (χ0) is 15.9. The van der Waals surface area contributed by atoms with Gasteiger partial charge in [-0.3, -0.25) is 4.90 Å². The van der Waals surface area contributed by atoms with Crippen molar-refractivity contribution in [2.45, 2.75) is 39.7 Å². The molecule has 1 atom stereocenters. The van der Waals surface area contributed by atoms with Crippen molar-refractivity contribution in [1.82, 2.24) is 14.9 Å². The first-order valence-corrected chi connectivity index (χ1v) is 8.71. The van der Waals surface area contributed by atoms with Gasteiger partial charge in [0, 0.05) is 11.5 Å². The molecule has 3 rings (SSSR count). The van der Waals surface area contributed by atoms with Gasteiger partial charge in [0.25, 0.3) is 0 Å². The molecule has 22 heavy (non-hydrogen) atoms. The fourth-order valence-corrected chi connectivity index (χ4v) is 4.21. The SMILES string of the molecule is Cc1sc2nc(C(C)N3CCC(CO)CC3)nc(N)c2c1C. The van der Waals surface area contributed by atoms with Crippen LogP contribution in [-0.4, -0.2) is 39.7 Å². The van der Waals surface area contributed by atoms with Crippen LogP contribution in [-0.2, 0) is 0 Å². The Hall–Kier alpha value is -1.24. The summed E-state index contributed by atoms with van der Waals surface area (Å²) in [6.45, 7) is 8.59. The molecule has 0 radical (unpaired) electrons. The topological polar surface area (TPSA) is 75.3 Å². The lowest BCUT2D eigenvalue weighted by atomic mass is 9.97. The van der Waals surface area contributed by atoms with Crippen molar-refractivity contribution in [2.75, 3.05) is 25.4 Å². The molecule has 0 bridgehead atoms. The van der Waals surface area contributed by atoms with Gasteiger partial charge in [-0.15, -0.1) is 11.3 Å². The molecule has 1 aliphatic rings. The van der Waals surface area contributed by atoms with Gasteiger partial charge in [0.2, 0.25) is 0 Å². The molecule has 0 spiro atoms. The Balaban J connectivity index is 1.87. The van der Waals surface area contributed by atoms with E-state index in [1.807, 2.05) is 0 Å². The number of aliphatic hydroxyl groups excluding tert-OH is 1. The highest BCUT2D eigenvalue weighted by Gasteiger charge is 2.25. The van der Waals surface area contributed by atoms with Crippen molar-refractivity contribution in [3.05, 3.63) is 16.3 Å². The number of aryl methyl sites for hydroxylation is 2. The molecular weight excluding hydrogens is 296 g/mol. The molecule has 6 heteroatoms. The quantitative estimate of drug-likeness (QED) is 0.909. The molecule has 0 aromatic carbocycles. The number of piperidine rings is 1. The van der Waals surface area contributed by atoms with Crippen molar-refractivity contribution >= 4 is 27.4 Å². The van der Waals surface area contributed by atoms with Gasteiger partial charge in [0.1, 0.15) is 16.5 Å². The Morgan fingerprint density at radius 2 is 2.00 bits per heavy atom. The van der Waals surface area contributed by atoms with Crippen molar-refractivity contribution in [2.24, 2.45) is 5.92 Å². The average Bonchev–Trinajstić information content (AvgIpc) is 2.81. The van der Waals surface area contributed by atoms with Crippen LogP contribution in [0.1, 0.15) is 42.1 Å². The molecule has 1 fully saturated rings. The summed E-state index contributed by atoms with van der Waals surface area (Å²) >= 11 is 1.69. The van der Waals surface area contributed by atoms with E-state index in [4.69, 9.17) is 10.7 Å². The number of aromatic nitrogens is 2. The van der Waals surface area contributed by atoms with Crippen LogP contribution in [0.3, 0.4) is 0 Å². The molecule has 0 saturated carbocycles. The van der Waals surface area contributed by atoms with Gasteiger partial charge in [0.15, 0.2) is 0 Å². The van der Waals surface area contributed by atoms with Crippen LogP contribution in [0.15, 0.2) is 0 Å². The van der Waals surface area contributed by atoms with Gasteiger partial charge in [-0.25, -0.2) is 9.97 Å². The molecule has 3 N–H and O–H groups in total. The summed E-state index contributed by atoms with van der Waals surface area (Å²) in [5, 5.41) is 10.3. The summed E-state index contributed by atoms with van der Waals surface area (Å²) in [7, 11) is 0. The highest BCUT2D eigenvalue weighted by atomic mass is 32.1. The normalized spacial score (nSPS) is 18.9. The van der Waals surface area contributed by atoms with E-state index in [0.717, 1.165) is 42.0 Å². The average molecular weight is 320 g/mol. The first-order valence-electron chi connectivity index (χ1n) is 7.89. The lowest BCUT2D eigenvalue weighted by Gasteiger charge is -2.34. The van der Waals surface area contributed by atoms with E-state index in [0.29, 0.717) is 18.3 Å². The zero-order valence-electron chi connectivity index (χ0n) is 13.5. The van der Waals surface area contributed by atoms with E-state index < -0.39 is 0 Å². The molecule has 5 nitrogen and oxygen atoms in total. The van der Waals surface area contributed by atoms with Gasteiger partial charge in [-0.05, 0) is 58.2 Å². The molecule has 1 unspecified atom stereocenters. The highest BCUT2D eigenvalue weighted by molar-refractivity contribution is 7.18. The zero-order valence-corrected chi connectivity index (χ0v) is 14.3. The Morgan fingerprint density at radius 1 is 1.32 bits per heavy atom. The minimum atomic E-state index is 0.161. The molecule has 3 heterocycles. The van der Waals surface area contributed by atoms with E-state index in [9.17, 15) is 5.11 Å². The Kier molecular flexibility index (Phi) is 4.34. The molecular formula is C16H24N4OS. The van der Waals surface area contributed by atoms with E-state index in [-0.39, 0.29) is 6.04 Å². The number of likely N-dealkylation sites (tertiary alicyclic amines) is 1. The summed E-state index contributed by atoms with van der Waals surface area (Å²) in [5.74, 6) is 1.85. The molecule has 0 aliphatic carbocycles. The second-order valence-electron chi connectivity index (χ2n) is 6.27. The van der Waals surface area contributed by atoms with Crippen molar-refractivity contribution in [3.63, 3.8) is 0 Å². The molecule has 0 amide bonds. The van der Waals surface area contributed by atoms with Crippen molar-refractivity contribution in [1.29, 1.82) is 0 Å². The minimum Gasteiger partial charge on any atom is -0.396 e. The van der Waals surface area contributed by atoms with E-state index in [1.54, 1.807) is 11.3 Å². The number of nitrogens with two attached hydrogens (primary N) is 1. The number of rotatable bonds is 3. The van der Waals surface area contributed by atoms with Crippen LogP contribution in [0.4, 0.5) is 5.82 Å². The van der Waals surface area contributed by atoms with Gasteiger partial charge in [0.05, 0.1) is 11.4 Å². The number of nitrogens with zero attached hydrogens (tertiary/aromatic N) is 3. The van der Waals surface area contributed by atoms with E-state index in [1.165, 1.54) is 10.4 Å². The molecule has 120 valence electrons. The van der Waals surface area contributed by atoms with Crippen molar-refractivity contribution < 1.29 is 5.11 Å². The molecule has 2 aromatic rings. The molecule has 2 aromatic heterocycles. The standard InChI is InChI=1S/C16H24N4OS/c1-9-11(3)22-16-13(9)14(17)18-15(19-16)10(2)20-6-4-12(8-21)5-7-20/h10,12,21H,4-8H2,1-3H3,(H2,17,18,19). The number of nitrogen functional groups attached to an aromatic ring is 1. The predicted octanol–water partition coefficient (Wildman–Crippen LogP) is 2.66. The Morgan fingerprint density at radius 3 is 2.64 bits per heavy atom. The van der Waals surface area contributed by atoms with Crippen LogP contribution >= 0.6 is 11.3 Å². The first-order chi connectivity index (χ1) is 10.5. The summed E-state index contributed by atoms with van der Waals surface area (Å²) in [4.78, 5) is 14.0. The summed E-state index contributed by atoms with van der Waals surface area (Å²) in [5.41, 5.74) is 7.38. The number of thiophene rings is 1. The number of aliphatic hydroxyl groups is 1. The molecule has 1 aliphatic heterocycles. The fraction of sp³-hybridized carbons (Fsp3) is 0.625. The third-order valence-electron chi connectivity index (χ3n) is 4.90. The van der Waals surface area contributed by atoms with Crippen molar-refractivity contribution in [3.8, 4) is 0 Å². The number of hydrogen-bond acceptors (Lipinski definition) is 6. The minimum absolute atomic E-state index is 0.161. The third kappa shape index (κ3) is 2.71. The second-order valence-corrected chi connectivity index (χ2v) is 7.47.